The maximum atomic E-state index is 13.2. The van der Waals surface area contributed by atoms with E-state index < -0.39 is 12.1 Å². The second-order valence-corrected chi connectivity index (χ2v) is 7.24. The van der Waals surface area contributed by atoms with Crippen LogP contribution in [0.1, 0.15) is 28.5 Å². The average molecular weight is 416 g/mol. The van der Waals surface area contributed by atoms with Gasteiger partial charge in [0.05, 0.1) is 25.2 Å². The number of hydrogen-bond acceptors (Lipinski definition) is 5. The van der Waals surface area contributed by atoms with Gasteiger partial charge in [0.2, 0.25) is 0 Å². The molecular formula is C22H22ClNO5. The van der Waals surface area contributed by atoms with Gasteiger partial charge in [-0.05, 0) is 61.9 Å². The Bertz CT molecular complexity index is 1050. The molecule has 7 heteroatoms. The first-order chi connectivity index (χ1) is 13.8. The van der Waals surface area contributed by atoms with Crippen molar-refractivity contribution >= 4 is 34.4 Å². The topological polar surface area (TPSA) is 77.8 Å². The van der Waals surface area contributed by atoms with E-state index in [1.54, 1.807) is 68.0 Å². The second-order valence-electron chi connectivity index (χ2n) is 6.80. The lowest BCUT2D eigenvalue weighted by Gasteiger charge is -2.09. The Morgan fingerprint density at radius 3 is 2.48 bits per heavy atom. The number of hydrogen-bond donors (Lipinski definition) is 1. The van der Waals surface area contributed by atoms with E-state index in [9.17, 15) is 14.7 Å². The van der Waals surface area contributed by atoms with E-state index in [2.05, 4.69) is 0 Å². The van der Waals surface area contributed by atoms with Gasteiger partial charge in [-0.3, -0.25) is 14.2 Å². The van der Waals surface area contributed by atoms with E-state index in [0.717, 1.165) is 5.39 Å². The molecule has 6 nitrogen and oxygen atoms in total. The van der Waals surface area contributed by atoms with Crippen molar-refractivity contribution in [1.29, 1.82) is 0 Å². The minimum atomic E-state index is -0.743. The van der Waals surface area contributed by atoms with Crippen LogP contribution in [0.4, 0.5) is 0 Å². The van der Waals surface area contributed by atoms with Gasteiger partial charge in [0.25, 0.3) is 5.91 Å². The average Bonchev–Trinajstić information content (AvgIpc) is 2.97. The molecule has 1 heterocycles. The highest BCUT2D eigenvalue weighted by molar-refractivity contribution is 6.30. The van der Waals surface area contributed by atoms with Gasteiger partial charge in [0, 0.05) is 21.7 Å². The fourth-order valence-corrected chi connectivity index (χ4v) is 3.33. The summed E-state index contributed by atoms with van der Waals surface area (Å²) >= 11 is 5.93. The normalized spacial score (nSPS) is 12.0. The molecule has 0 amide bonds. The third-order valence-corrected chi connectivity index (χ3v) is 4.89. The number of fused-ring (bicyclic) bond motifs is 1. The van der Waals surface area contributed by atoms with Crippen molar-refractivity contribution in [3.63, 3.8) is 0 Å². The van der Waals surface area contributed by atoms with E-state index in [1.165, 1.54) is 0 Å². The molecule has 152 valence electrons. The summed E-state index contributed by atoms with van der Waals surface area (Å²) in [6, 6.07) is 12.0. The Hall–Kier alpha value is -2.83. The number of aliphatic hydroxyl groups is 1. The van der Waals surface area contributed by atoms with Gasteiger partial charge >= 0.3 is 5.97 Å². The molecule has 0 spiro atoms. The first kappa shape index (κ1) is 20.9. The number of ether oxygens (including phenoxy) is 2. The highest BCUT2D eigenvalue weighted by atomic mass is 35.5. The molecule has 0 radical (unpaired) electrons. The summed E-state index contributed by atoms with van der Waals surface area (Å²) in [5.41, 5.74) is 2.47. The molecule has 0 fully saturated rings. The number of halogens is 1. The Labute approximate surface area is 173 Å². The van der Waals surface area contributed by atoms with Crippen LogP contribution in [0.15, 0.2) is 42.5 Å². The molecule has 0 saturated heterocycles. The zero-order valence-electron chi connectivity index (χ0n) is 16.4. The van der Waals surface area contributed by atoms with E-state index in [0.29, 0.717) is 33.1 Å². The third kappa shape index (κ3) is 4.44. The summed E-state index contributed by atoms with van der Waals surface area (Å²) in [6.07, 6.45) is -0.767. The van der Waals surface area contributed by atoms with E-state index in [-0.39, 0.29) is 18.9 Å². The fraction of sp³-hybridized carbons (Fsp3) is 0.273. The molecule has 1 N–H and O–H groups in total. The number of benzene rings is 2. The van der Waals surface area contributed by atoms with Gasteiger partial charge in [0.1, 0.15) is 12.4 Å². The number of aliphatic hydroxyl groups excluding tert-OH is 1. The van der Waals surface area contributed by atoms with Crippen LogP contribution in [0.25, 0.3) is 10.9 Å². The van der Waals surface area contributed by atoms with Crippen molar-refractivity contribution in [2.75, 3.05) is 13.7 Å². The SMILES string of the molecule is COc1ccc2c(c1)c(CC(=O)OC[C@@H](C)O)c(C)n2C(=O)c1ccc(Cl)cc1. The number of aromatic nitrogens is 1. The van der Waals surface area contributed by atoms with Crippen LogP contribution in [0.2, 0.25) is 5.02 Å². The maximum absolute atomic E-state index is 13.2. The lowest BCUT2D eigenvalue weighted by Crippen LogP contribution is -2.17. The maximum Gasteiger partial charge on any atom is 0.310 e. The summed E-state index contributed by atoms with van der Waals surface area (Å²) in [5.74, 6) is -0.0834. The van der Waals surface area contributed by atoms with Crippen molar-refractivity contribution in [3.8, 4) is 5.75 Å². The van der Waals surface area contributed by atoms with Crippen LogP contribution in [0.5, 0.6) is 5.75 Å². The lowest BCUT2D eigenvalue weighted by atomic mass is 10.1. The molecule has 0 aliphatic carbocycles. The Kier molecular flexibility index (Phi) is 6.25. The number of nitrogens with zero attached hydrogens (tertiary/aromatic N) is 1. The van der Waals surface area contributed by atoms with Crippen LogP contribution in [0.3, 0.4) is 0 Å². The van der Waals surface area contributed by atoms with Gasteiger partial charge in [-0.1, -0.05) is 11.6 Å². The number of esters is 1. The van der Waals surface area contributed by atoms with Crippen molar-refractivity contribution in [1.82, 2.24) is 4.57 Å². The quantitative estimate of drug-likeness (QED) is 0.620. The predicted molar refractivity (Wildman–Crippen MR) is 111 cm³/mol. The molecule has 0 unspecified atom stereocenters. The summed E-state index contributed by atoms with van der Waals surface area (Å²) < 4.78 is 12.0. The minimum Gasteiger partial charge on any atom is -0.497 e. The van der Waals surface area contributed by atoms with Crippen LogP contribution >= 0.6 is 11.6 Å². The van der Waals surface area contributed by atoms with Crippen LogP contribution in [-0.4, -0.2) is 41.4 Å². The summed E-state index contributed by atoms with van der Waals surface area (Å²) in [7, 11) is 1.56. The summed E-state index contributed by atoms with van der Waals surface area (Å²) in [5, 5.41) is 10.6. The zero-order chi connectivity index (χ0) is 21.1. The first-order valence-electron chi connectivity index (χ1n) is 9.13. The molecule has 2 aromatic carbocycles. The largest absolute Gasteiger partial charge is 0.497 e. The van der Waals surface area contributed by atoms with Crippen LogP contribution in [-0.2, 0) is 16.0 Å². The summed E-state index contributed by atoms with van der Waals surface area (Å²) in [6.45, 7) is 3.25. The monoisotopic (exact) mass is 415 g/mol. The molecule has 1 atom stereocenters. The van der Waals surface area contributed by atoms with Gasteiger partial charge < -0.3 is 14.6 Å². The minimum absolute atomic E-state index is 0.0247. The highest BCUT2D eigenvalue weighted by Gasteiger charge is 2.22. The molecular weight excluding hydrogens is 394 g/mol. The molecule has 0 saturated carbocycles. The van der Waals surface area contributed by atoms with E-state index >= 15 is 0 Å². The van der Waals surface area contributed by atoms with Gasteiger partial charge in [-0.25, -0.2) is 0 Å². The zero-order valence-corrected chi connectivity index (χ0v) is 17.2. The molecule has 3 rings (SSSR count). The van der Waals surface area contributed by atoms with Crippen molar-refractivity contribution < 1.29 is 24.2 Å². The predicted octanol–water partition coefficient (Wildman–Crippen LogP) is 3.77. The fourth-order valence-electron chi connectivity index (χ4n) is 3.20. The molecule has 29 heavy (non-hydrogen) atoms. The second kappa shape index (κ2) is 8.68. The van der Waals surface area contributed by atoms with Crippen molar-refractivity contribution in [2.24, 2.45) is 0 Å². The van der Waals surface area contributed by atoms with Crippen molar-refractivity contribution in [2.45, 2.75) is 26.4 Å². The lowest BCUT2D eigenvalue weighted by molar-refractivity contribution is -0.145. The smallest absolute Gasteiger partial charge is 0.310 e. The van der Waals surface area contributed by atoms with Crippen LogP contribution < -0.4 is 4.74 Å². The molecule has 0 aliphatic rings. The van der Waals surface area contributed by atoms with E-state index in [1.807, 2.05) is 0 Å². The Balaban J connectivity index is 2.08. The Morgan fingerprint density at radius 2 is 1.86 bits per heavy atom. The van der Waals surface area contributed by atoms with E-state index in [4.69, 9.17) is 21.1 Å². The standard InChI is InChI=1S/C22H22ClNO5/c1-13(25)12-29-21(26)11-18-14(2)24(20-9-8-17(28-3)10-19(18)20)22(27)15-4-6-16(23)7-5-15/h4-10,13,25H,11-12H2,1-3H3/t13-/m1/s1. The molecule has 0 aliphatic heterocycles. The van der Waals surface area contributed by atoms with Crippen LogP contribution in [0, 0.1) is 6.92 Å². The van der Waals surface area contributed by atoms with Gasteiger partial charge in [-0.15, -0.1) is 0 Å². The first-order valence-corrected chi connectivity index (χ1v) is 9.51. The molecule has 3 aromatic rings. The number of carbonyl (C=O) groups excluding carboxylic acids is 2. The molecule has 0 bridgehead atoms. The number of rotatable bonds is 6. The highest BCUT2D eigenvalue weighted by Crippen LogP contribution is 2.31. The number of carbonyl (C=O) groups is 2. The van der Waals surface area contributed by atoms with Gasteiger partial charge in [0.15, 0.2) is 0 Å². The third-order valence-electron chi connectivity index (χ3n) is 4.64. The van der Waals surface area contributed by atoms with Crippen molar-refractivity contribution in [3.05, 3.63) is 64.3 Å². The van der Waals surface area contributed by atoms with Gasteiger partial charge in [-0.2, -0.15) is 0 Å². The summed E-state index contributed by atoms with van der Waals surface area (Å²) in [4.78, 5) is 25.5. The number of methoxy groups -OCH3 is 1. The molecule has 1 aromatic heterocycles. The Morgan fingerprint density at radius 1 is 1.17 bits per heavy atom.